The molecule has 0 heterocycles. The minimum atomic E-state index is 0. The van der Waals surface area contributed by atoms with Crippen LogP contribution in [0, 0.1) is 0 Å². The predicted molar refractivity (Wildman–Crippen MR) is 99.8 cm³/mol. The van der Waals surface area contributed by atoms with Crippen molar-refractivity contribution in [1.82, 2.24) is 5.32 Å². The average Bonchev–Trinajstić information content (AvgIpc) is 2.59. The van der Waals surface area contributed by atoms with Crippen molar-refractivity contribution in [2.45, 2.75) is 19.9 Å². The molecule has 0 atom stereocenters. The third kappa shape index (κ3) is 5.62. The second-order valence-corrected chi connectivity index (χ2v) is 5.16. The van der Waals surface area contributed by atoms with Gasteiger partial charge in [0.05, 0.1) is 20.8 Å². The van der Waals surface area contributed by atoms with Gasteiger partial charge >= 0.3 is 0 Å². The smallest absolute Gasteiger partial charge is 0.161 e. The summed E-state index contributed by atoms with van der Waals surface area (Å²) in [5.41, 5.74) is 2.39. The normalized spacial score (nSPS) is 9.96. The molecule has 132 valence electrons. The van der Waals surface area contributed by atoms with Gasteiger partial charge < -0.3 is 19.5 Å². The summed E-state index contributed by atoms with van der Waals surface area (Å²) >= 11 is 0. The fraction of sp³-hybridized carbons (Fsp3) is 0.368. The highest BCUT2D eigenvalue weighted by atomic mass is 35.5. The van der Waals surface area contributed by atoms with Gasteiger partial charge in [0.15, 0.2) is 11.5 Å². The van der Waals surface area contributed by atoms with Crippen LogP contribution in [0.25, 0.3) is 0 Å². The van der Waals surface area contributed by atoms with Crippen LogP contribution < -0.4 is 19.5 Å². The van der Waals surface area contributed by atoms with Crippen molar-refractivity contribution in [2.24, 2.45) is 0 Å². The van der Waals surface area contributed by atoms with Crippen molar-refractivity contribution in [3.05, 3.63) is 53.6 Å². The van der Waals surface area contributed by atoms with Gasteiger partial charge in [0.1, 0.15) is 5.75 Å². The van der Waals surface area contributed by atoms with E-state index in [0.29, 0.717) is 6.61 Å². The Kier molecular flexibility index (Phi) is 9.05. The van der Waals surface area contributed by atoms with Crippen LogP contribution in [0.1, 0.15) is 18.1 Å². The molecule has 2 rings (SSSR count). The maximum Gasteiger partial charge on any atom is 0.161 e. The minimum Gasteiger partial charge on any atom is -0.496 e. The Morgan fingerprint density at radius 3 is 2.38 bits per heavy atom. The van der Waals surface area contributed by atoms with E-state index in [0.717, 1.165) is 36.8 Å². The molecule has 0 saturated heterocycles. The molecule has 0 fully saturated rings. The van der Waals surface area contributed by atoms with Crippen LogP contribution in [0.15, 0.2) is 42.5 Å². The van der Waals surface area contributed by atoms with E-state index in [4.69, 9.17) is 14.2 Å². The molecule has 0 amide bonds. The zero-order valence-electron chi connectivity index (χ0n) is 14.5. The van der Waals surface area contributed by atoms with E-state index >= 15 is 0 Å². The van der Waals surface area contributed by atoms with Gasteiger partial charge in [0.25, 0.3) is 0 Å². The molecule has 2 aromatic carbocycles. The van der Waals surface area contributed by atoms with Crippen molar-refractivity contribution < 1.29 is 14.2 Å². The van der Waals surface area contributed by atoms with Crippen molar-refractivity contribution in [2.75, 3.05) is 27.4 Å². The second kappa shape index (κ2) is 10.8. The summed E-state index contributed by atoms with van der Waals surface area (Å²) < 4.78 is 16.3. The first-order valence-corrected chi connectivity index (χ1v) is 7.90. The van der Waals surface area contributed by atoms with Gasteiger partial charge in [-0.1, -0.05) is 24.3 Å². The quantitative estimate of drug-likeness (QED) is 0.696. The van der Waals surface area contributed by atoms with Gasteiger partial charge in [0.2, 0.25) is 0 Å². The molecule has 4 nitrogen and oxygen atoms in total. The van der Waals surface area contributed by atoms with Gasteiger partial charge in [-0.2, -0.15) is 0 Å². The fourth-order valence-corrected chi connectivity index (χ4v) is 2.46. The fourth-order valence-electron chi connectivity index (χ4n) is 2.46. The highest BCUT2D eigenvalue weighted by molar-refractivity contribution is 5.85. The number of hydrogen-bond acceptors (Lipinski definition) is 4. The number of hydrogen-bond donors (Lipinski definition) is 1. The first-order valence-electron chi connectivity index (χ1n) is 7.90. The first-order chi connectivity index (χ1) is 11.3. The van der Waals surface area contributed by atoms with Crippen molar-refractivity contribution >= 4 is 12.4 Å². The van der Waals surface area contributed by atoms with Crippen LogP contribution in [-0.2, 0) is 13.0 Å². The molecular weight excluding hydrogens is 326 g/mol. The molecule has 5 heteroatoms. The number of methoxy groups -OCH3 is 2. The van der Waals surface area contributed by atoms with Gasteiger partial charge in [0, 0.05) is 6.54 Å². The maximum atomic E-state index is 5.61. The highest BCUT2D eigenvalue weighted by Crippen LogP contribution is 2.28. The standard InChI is InChI=1S/C19H25NO3.ClH/c1-4-23-19-13-15(9-10-18(19)22-3)14-20-12-11-16-7-5-6-8-17(16)21-2;/h5-10,13,20H,4,11-12,14H2,1-3H3;1H. The van der Waals surface area contributed by atoms with Gasteiger partial charge in [-0.15, -0.1) is 12.4 Å². The summed E-state index contributed by atoms with van der Waals surface area (Å²) in [4.78, 5) is 0. The van der Waals surface area contributed by atoms with E-state index in [1.807, 2.05) is 37.3 Å². The molecule has 2 aromatic rings. The molecule has 0 aliphatic rings. The first kappa shape index (κ1) is 20.1. The largest absolute Gasteiger partial charge is 0.496 e. The Hall–Kier alpha value is -1.91. The lowest BCUT2D eigenvalue weighted by atomic mass is 10.1. The van der Waals surface area contributed by atoms with Crippen LogP contribution in [-0.4, -0.2) is 27.4 Å². The zero-order valence-corrected chi connectivity index (χ0v) is 15.3. The number of halogens is 1. The molecule has 0 aliphatic heterocycles. The van der Waals surface area contributed by atoms with E-state index in [1.165, 1.54) is 11.1 Å². The summed E-state index contributed by atoms with van der Waals surface area (Å²) in [5.74, 6) is 2.50. The number of nitrogens with one attached hydrogen (secondary N) is 1. The van der Waals surface area contributed by atoms with Gasteiger partial charge in [-0.25, -0.2) is 0 Å². The molecule has 0 aromatic heterocycles. The zero-order chi connectivity index (χ0) is 16.5. The van der Waals surface area contributed by atoms with Crippen LogP contribution in [0.5, 0.6) is 17.2 Å². The number of para-hydroxylation sites is 1. The van der Waals surface area contributed by atoms with Crippen LogP contribution in [0.2, 0.25) is 0 Å². The predicted octanol–water partition coefficient (Wildman–Crippen LogP) is 3.86. The summed E-state index contributed by atoms with van der Waals surface area (Å²) in [7, 11) is 3.36. The van der Waals surface area contributed by atoms with Crippen LogP contribution in [0.3, 0.4) is 0 Å². The molecule has 0 saturated carbocycles. The van der Waals surface area contributed by atoms with Gasteiger partial charge in [-0.3, -0.25) is 0 Å². The van der Waals surface area contributed by atoms with Crippen LogP contribution in [0.4, 0.5) is 0 Å². The second-order valence-electron chi connectivity index (χ2n) is 5.16. The van der Waals surface area contributed by atoms with Crippen LogP contribution >= 0.6 is 12.4 Å². The monoisotopic (exact) mass is 351 g/mol. The summed E-state index contributed by atoms with van der Waals surface area (Å²) in [6.45, 7) is 4.27. The Labute approximate surface area is 150 Å². The third-order valence-electron chi connectivity index (χ3n) is 3.62. The lowest BCUT2D eigenvalue weighted by molar-refractivity contribution is 0.310. The Morgan fingerprint density at radius 2 is 1.67 bits per heavy atom. The van der Waals surface area contributed by atoms with Crippen molar-refractivity contribution in [1.29, 1.82) is 0 Å². The van der Waals surface area contributed by atoms with E-state index in [2.05, 4.69) is 17.4 Å². The molecule has 0 spiro atoms. The van der Waals surface area contributed by atoms with E-state index in [1.54, 1.807) is 14.2 Å². The molecule has 0 bridgehead atoms. The SMILES string of the molecule is CCOc1cc(CNCCc2ccccc2OC)ccc1OC.Cl. The molecule has 0 radical (unpaired) electrons. The Morgan fingerprint density at radius 1 is 0.917 bits per heavy atom. The summed E-state index contributed by atoms with van der Waals surface area (Å²) in [6, 6.07) is 14.1. The molecular formula is C19H26ClNO3. The Bertz CT molecular complexity index is 619. The lowest BCUT2D eigenvalue weighted by Crippen LogP contribution is -2.17. The maximum absolute atomic E-state index is 5.61. The molecule has 0 unspecified atom stereocenters. The van der Waals surface area contributed by atoms with E-state index in [-0.39, 0.29) is 12.4 Å². The van der Waals surface area contributed by atoms with E-state index < -0.39 is 0 Å². The Balaban J connectivity index is 0.00000288. The molecule has 0 aliphatic carbocycles. The van der Waals surface area contributed by atoms with Gasteiger partial charge in [-0.05, 0) is 49.2 Å². The van der Waals surface area contributed by atoms with E-state index in [9.17, 15) is 0 Å². The topological polar surface area (TPSA) is 39.7 Å². The summed E-state index contributed by atoms with van der Waals surface area (Å²) in [6.07, 6.45) is 0.929. The minimum absolute atomic E-state index is 0. The average molecular weight is 352 g/mol. The van der Waals surface area contributed by atoms with Crippen molar-refractivity contribution in [3.63, 3.8) is 0 Å². The summed E-state index contributed by atoms with van der Waals surface area (Å²) in [5, 5.41) is 3.46. The number of benzene rings is 2. The van der Waals surface area contributed by atoms with Crippen molar-refractivity contribution in [3.8, 4) is 17.2 Å². The lowest BCUT2D eigenvalue weighted by Gasteiger charge is -2.12. The molecule has 1 N–H and O–H groups in total. The third-order valence-corrected chi connectivity index (χ3v) is 3.62. The number of ether oxygens (including phenoxy) is 3. The molecule has 24 heavy (non-hydrogen) atoms. The highest BCUT2D eigenvalue weighted by Gasteiger charge is 2.05. The number of rotatable bonds is 9.